The topological polar surface area (TPSA) is 52.6 Å². The zero-order chi connectivity index (χ0) is 28.8. The van der Waals surface area contributed by atoms with Gasteiger partial charge in [0, 0.05) is 11.1 Å². The molecular formula is C35H66O4. The van der Waals surface area contributed by atoms with E-state index in [1.54, 1.807) is 0 Å². The molecule has 0 amide bonds. The van der Waals surface area contributed by atoms with Crippen LogP contribution in [0.25, 0.3) is 0 Å². The van der Waals surface area contributed by atoms with Gasteiger partial charge >= 0.3 is 11.9 Å². The molecule has 0 spiro atoms. The van der Waals surface area contributed by atoms with Crippen LogP contribution in [0.2, 0.25) is 0 Å². The second kappa shape index (κ2) is 29.7. The summed E-state index contributed by atoms with van der Waals surface area (Å²) in [5.74, 6) is -0.569. The molecular weight excluding hydrogens is 484 g/mol. The predicted molar refractivity (Wildman–Crippen MR) is 167 cm³/mol. The Morgan fingerprint density at radius 3 is 0.974 bits per heavy atom. The van der Waals surface area contributed by atoms with Crippen LogP contribution in [0, 0.1) is 0 Å². The lowest BCUT2D eigenvalue weighted by Gasteiger charge is -2.15. The van der Waals surface area contributed by atoms with Gasteiger partial charge in [-0.25, -0.2) is 9.59 Å². The third kappa shape index (κ3) is 23.1. The van der Waals surface area contributed by atoms with Gasteiger partial charge < -0.3 is 9.47 Å². The molecule has 0 aliphatic rings. The molecule has 0 atom stereocenters. The minimum Gasteiger partial charge on any atom is -0.462 e. The predicted octanol–water partition coefficient (Wildman–Crippen LogP) is 11.2. The van der Waals surface area contributed by atoms with Gasteiger partial charge in [0.15, 0.2) is 0 Å². The van der Waals surface area contributed by atoms with E-state index in [-0.39, 0.29) is 11.9 Å². The number of ether oxygens (including phenoxy) is 2. The molecule has 0 heterocycles. The Bertz CT molecular complexity index is 595. The number of unbranched alkanes of at least 4 members (excludes halogenated alkanes) is 19. The van der Waals surface area contributed by atoms with Gasteiger partial charge in [-0.15, -0.1) is 0 Å². The van der Waals surface area contributed by atoms with Crippen molar-refractivity contribution >= 4 is 11.9 Å². The van der Waals surface area contributed by atoms with Crippen LogP contribution in [0.5, 0.6) is 0 Å². The van der Waals surface area contributed by atoms with Crippen molar-refractivity contribution in [1.82, 2.24) is 0 Å². The van der Waals surface area contributed by atoms with E-state index in [4.69, 9.17) is 9.47 Å². The van der Waals surface area contributed by atoms with Crippen molar-refractivity contribution < 1.29 is 19.1 Å². The minimum atomic E-state index is -0.286. The van der Waals surface area contributed by atoms with Crippen LogP contribution in [0.15, 0.2) is 11.1 Å². The van der Waals surface area contributed by atoms with Crippen molar-refractivity contribution in [3.8, 4) is 0 Å². The Kier molecular flexibility index (Phi) is 28.7. The molecule has 0 radical (unpaired) electrons. The first-order valence-corrected chi connectivity index (χ1v) is 17.2. The molecule has 230 valence electrons. The summed E-state index contributed by atoms with van der Waals surface area (Å²) in [6.45, 7) is 9.74. The molecule has 0 aromatic carbocycles. The molecule has 0 fully saturated rings. The van der Waals surface area contributed by atoms with Gasteiger partial charge in [0.25, 0.3) is 0 Å². The van der Waals surface area contributed by atoms with Crippen LogP contribution < -0.4 is 0 Å². The molecule has 0 aromatic heterocycles. The van der Waals surface area contributed by atoms with E-state index < -0.39 is 0 Å². The summed E-state index contributed by atoms with van der Waals surface area (Å²) in [4.78, 5) is 26.5. The van der Waals surface area contributed by atoms with E-state index >= 15 is 0 Å². The fraction of sp³-hybridized carbons (Fsp3) is 0.886. The molecule has 0 aliphatic heterocycles. The molecule has 0 N–H and O–H groups in total. The monoisotopic (exact) mass is 550 g/mol. The Balaban J connectivity index is 5.14. The number of carbonyl (C=O) groups is 2. The van der Waals surface area contributed by atoms with E-state index in [1.807, 2.05) is 0 Å². The Hall–Kier alpha value is -1.32. The van der Waals surface area contributed by atoms with Crippen molar-refractivity contribution in [1.29, 1.82) is 0 Å². The third-order valence-corrected chi connectivity index (χ3v) is 7.63. The largest absolute Gasteiger partial charge is 0.462 e. The van der Waals surface area contributed by atoms with Crippen molar-refractivity contribution in [3.63, 3.8) is 0 Å². The second-order valence-electron chi connectivity index (χ2n) is 11.4. The van der Waals surface area contributed by atoms with Gasteiger partial charge in [-0.2, -0.15) is 0 Å². The van der Waals surface area contributed by atoms with E-state index in [9.17, 15) is 9.59 Å². The first kappa shape index (κ1) is 37.7. The lowest BCUT2D eigenvalue weighted by molar-refractivity contribution is -0.142. The van der Waals surface area contributed by atoms with Crippen LogP contribution in [-0.4, -0.2) is 25.2 Å². The van der Waals surface area contributed by atoms with Gasteiger partial charge in [0.2, 0.25) is 0 Å². The van der Waals surface area contributed by atoms with Crippen LogP contribution in [0.1, 0.15) is 188 Å². The van der Waals surface area contributed by atoms with Crippen molar-refractivity contribution in [2.24, 2.45) is 0 Å². The highest BCUT2D eigenvalue weighted by Crippen LogP contribution is 2.23. The molecule has 0 aromatic rings. The standard InChI is InChI=1S/C35H66O4/c1-5-9-13-16-19-20-21-25-29-33(35(37)39-31-27-23-18-15-11-7-3)32(28-24-12-8-4)34(36)38-30-26-22-17-14-10-6-2/h5-31H2,1-4H3/b33-32-. The SMILES string of the molecule is CCCCCCCCCC/C(C(=O)OCCCCCCCC)=C(\CCCCC)C(=O)OCCCCCCCC. The summed E-state index contributed by atoms with van der Waals surface area (Å²) in [6.07, 6.45) is 27.8. The summed E-state index contributed by atoms with van der Waals surface area (Å²) >= 11 is 0. The number of hydrogen-bond acceptors (Lipinski definition) is 4. The highest BCUT2D eigenvalue weighted by molar-refractivity contribution is 6.00. The molecule has 0 bridgehead atoms. The molecule has 39 heavy (non-hydrogen) atoms. The minimum absolute atomic E-state index is 0.283. The van der Waals surface area contributed by atoms with Gasteiger partial charge in [-0.3, -0.25) is 0 Å². The number of hydrogen-bond donors (Lipinski definition) is 0. The van der Waals surface area contributed by atoms with Crippen LogP contribution in [-0.2, 0) is 19.1 Å². The van der Waals surface area contributed by atoms with E-state index in [1.165, 1.54) is 89.9 Å². The third-order valence-electron chi connectivity index (χ3n) is 7.63. The van der Waals surface area contributed by atoms with Gasteiger partial charge in [0.05, 0.1) is 13.2 Å². The van der Waals surface area contributed by atoms with Gasteiger partial charge in [0.1, 0.15) is 0 Å². The zero-order valence-corrected chi connectivity index (χ0v) is 26.7. The van der Waals surface area contributed by atoms with Crippen molar-refractivity contribution in [3.05, 3.63) is 11.1 Å². The fourth-order valence-electron chi connectivity index (χ4n) is 5.01. The number of esters is 2. The van der Waals surface area contributed by atoms with Gasteiger partial charge in [-0.1, -0.05) is 150 Å². The second-order valence-corrected chi connectivity index (χ2v) is 11.4. The lowest BCUT2D eigenvalue weighted by atomic mass is 9.96. The quantitative estimate of drug-likeness (QED) is 0.0528. The van der Waals surface area contributed by atoms with Crippen LogP contribution in [0.3, 0.4) is 0 Å². The molecule has 0 rings (SSSR count). The summed E-state index contributed by atoms with van der Waals surface area (Å²) < 4.78 is 11.5. The van der Waals surface area contributed by atoms with Gasteiger partial charge in [-0.05, 0) is 38.5 Å². The Labute approximate surface area is 243 Å². The zero-order valence-electron chi connectivity index (χ0n) is 26.7. The Morgan fingerprint density at radius 1 is 0.359 bits per heavy atom. The molecule has 4 heteroatoms. The summed E-state index contributed by atoms with van der Waals surface area (Å²) in [7, 11) is 0. The lowest BCUT2D eigenvalue weighted by Crippen LogP contribution is -2.18. The highest BCUT2D eigenvalue weighted by Gasteiger charge is 2.23. The summed E-state index contributed by atoms with van der Waals surface area (Å²) in [5, 5.41) is 0. The molecule has 0 saturated heterocycles. The molecule has 0 saturated carbocycles. The van der Waals surface area contributed by atoms with Crippen molar-refractivity contribution in [2.75, 3.05) is 13.2 Å². The maximum atomic E-state index is 13.3. The smallest absolute Gasteiger partial charge is 0.334 e. The summed E-state index contributed by atoms with van der Waals surface area (Å²) in [6, 6.07) is 0. The number of carbonyl (C=O) groups excluding carboxylic acids is 2. The molecule has 0 aliphatic carbocycles. The highest BCUT2D eigenvalue weighted by atomic mass is 16.5. The average molecular weight is 551 g/mol. The van der Waals surface area contributed by atoms with Crippen LogP contribution >= 0.6 is 0 Å². The molecule has 4 nitrogen and oxygen atoms in total. The van der Waals surface area contributed by atoms with Crippen molar-refractivity contribution in [2.45, 2.75) is 188 Å². The van der Waals surface area contributed by atoms with Crippen LogP contribution in [0.4, 0.5) is 0 Å². The maximum absolute atomic E-state index is 13.3. The maximum Gasteiger partial charge on any atom is 0.334 e. The number of rotatable bonds is 29. The van der Waals surface area contributed by atoms with E-state index in [2.05, 4.69) is 27.7 Å². The average Bonchev–Trinajstić information content (AvgIpc) is 2.94. The Morgan fingerprint density at radius 2 is 0.615 bits per heavy atom. The first-order valence-electron chi connectivity index (χ1n) is 17.2. The molecule has 0 unspecified atom stereocenters. The summed E-state index contributed by atoms with van der Waals surface area (Å²) in [5.41, 5.74) is 1.18. The normalized spacial score (nSPS) is 11.9. The fourth-order valence-corrected chi connectivity index (χ4v) is 5.01. The first-order chi connectivity index (χ1) is 19.1. The van der Waals surface area contributed by atoms with E-state index in [0.29, 0.717) is 37.2 Å². The van der Waals surface area contributed by atoms with E-state index in [0.717, 1.165) is 57.8 Å².